The molecule has 2 N–H and O–H groups in total. The summed E-state index contributed by atoms with van der Waals surface area (Å²) in [7, 11) is 0. The lowest BCUT2D eigenvalue weighted by Crippen LogP contribution is -2.37. The van der Waals surface area contributed by atoms with Gasteiger partial charge in [0.1, 0.15) is 0 Å². The topological polar surface area (TPSA) is 81.3 Å². The van der Waals surface area contributed by atoms with Crippen LogP contribution in [0.3, 0.4) is 0 Å². The minimum absolute atomic E-state index is 0.0755. The molecule has 0 atom stereocenters. The number of benzene rings is 2. The van der Waals surface area contributed by atoms with Crippen molar-refractivity contribution < 1.29 is 9.59 Å². The van der Waals surface area contributed by atoms with Gasteiger partial charge in [0.2, 0.25) is 11.9 Å². The summed E-state index contributed by atoms with van der Waals surface area (Å²) in [5.74, 6) is 0.801. The second kappa shape index (κ2) is 8.98. The molecule has 0 saturated carbocycles. The summed E-state index contributed by atoms with van der Waals surface area (Å²) in [5.41, 5.74) is 3.56. The Morgan fingerprint density at radius 1 is 1.03 bits per heavy atom. The number of amides is 2. The van der Waals surface area contributed by atoms with Crippen molar-refractivity contribution in [2.45, 2.75) is 19.8 Å². The third kappa shape index (κ3) is 4.45. The highest BCUT2D eigenvalue weighted by atomic mass is 16.2. The zero-order chi connectivity index (χ0) is 20.9. The SMILES string of the molecule is Cc1ccccc1C(=O)NCCC(=O)N1CCCN(c2nc3ccccc3[nH]2)CC1. The van der Waals surface area contributed by atoms with Crippen LogP contribution in [0.2, 0.25) is 0 Å². The summed E-state index contributed by atoms with van der Waals surface area (Å²) in [5, 5.41) is 2.86. The van der Waals surface area contributed by atoms with Gasteiger partial charge in [-0.05, 0) is 37.1 Å². The number of imidazole rings is 1. The molecule has 156 valence electrons. The second-order valence-electron chi connectivity index (χ2n) is 7.62. The fourth-order valence-corrected chi connectivity index (χ4v) is 3.83. The smallest absolute Gasteiger partial charge is 0.251 e. The van der Waals surface area contributed by atoms with Crippen LogP contribution in [-0.4, -0.2) is 59.4 Å². The van der Waals surface area contributed by atoms with Gasteiger partial charge in [-0.3, -0.25) is 9.59 Å². The molecule has 0 unspecified atom stereocenters. The molecule has 0 bridgehead atoms. The van der Waals surface area contributed by atoms with E-state index in [1.54, 1.807) is 6.07 Å². The number of para-hydroxylation sites is 2. The molecule has 2 heterocycles. The summed E-state index contributed by atoms with van der Waals surface area (Å²) in [6.45, 7) is 5.22. The normalized spacial score (nSPS) is 14.6. The fraction of sp³-hybridized carbons (Fsp3) is 0.348. The molecule has 2 aromatic carbocycles. The maximum atomic E-state index is 12.7. The molecule has 1 fully saturated rings. The predicted octanol–water partition coefficient (Wildman–Crippen LogP) is 2.73. The maximum Gasteiger partial charge on any atom is 0.251 e. The van der Waals surface area contributed by atoms with E-state index < -0.39 is 0 Å². The molecule has 2 amide bonds. The number of aryl methyl sites for hydroxylation is 1. The Morgan fingerprint density at radius 3 is 2.67 bits per heavy atom. The number of aromatic amines is 1. The van der Waals surface area contributed by atoms with E-state index in [1.807, 2.05) is 54.3 Å². The Labute approximate surface area is 176 Å². The molecule has 4 rings (SSSR count). The Balaban J connectivity index is 1.28. The van der Waals surface area contributed by atoms with Crippen LogP contribution in [-0.2, 0) is 4.79 Å². The van der Waals surface area contributed by atoms with Gasteiger partial charge >= 0.3 is 0 Å². The minimum Gasteiger partial charge on any atom is -0.352 e. The van der Waals surface area contributed by atoms with Crippen molar-refractivity contribution in [1.82, 2.24) is 20.2 Å². The molecular formula is C23H27N5O2. The first-order chi connectivity index (χ1) is 14.6. The monoisotopic (exact) mass is 405 g/mol. The van der Waals surface area contributed by atoms with Crippen molar-refractivity contribution in [3.05, 3.63) is 59.7 Å². The minimum atomic E-state index is -0.132. The lowest BCUT2D eigenvalue weighted by atomic mass is 10.1. The highest BCUT2D eigenvalue weighted by Gasteiger charge is 2.21. The molecule has 1 aliphatic rings. The summed E-state index contributed by atoms with van der Waals surface area (Å²) in [6, 6.07) is 15.4. The van der Waals surface area contributed by atoms with E-state index in [0.717, 1.165) is 48.6 Å². The van der Waals surface area contributed by atoms with Crippen LogP contribution >= 0.6 is 0 Å². The van der Waals surface area contributed by atoms with Gasteiger partial charge in [-0.15, -0.1) is 0 Å². The number of nitrogens with zero attached hydrogens (tertiary/aromatic N) is 3. The van der Waals surface area contributed by atoms with Crippen molar-refractivity contribution in [1.29, 1.82) is 0 Å². The molecular weight excluding hydrogens is 378 g/mol. The van der Waals surface area contributed by atoms with Crippen LogP contribution in [0.4, 0.5) is 5.95 Å². The van der Waals surface area contributed by atoms with Crippen molar-refractivity contribution in [2.75, 3.05) is 37.6 Å². The zero-order valence-corrected chi connectivity index (χ0v) is 17.2. The summed E-state index contributed by atoms with van der Waals surface area (Å²) in [6.07, 6.45) is 1.20. The highest BCUT2D eigenvalue weighted by Crippen LogP contribution is 2.18. The Kier molecular flexibility index (Phi) is 5.97. The number of carbonyl (C=O) groups is 2. The van der Waals surface area contributed by atoms with Gasteiger partial charge in [0, 0.05) is 44.7 Å². The molecule has 1 saturated heterocycles. The first kappa shape index (κ1) is 19.9. The molecule has 3 aromatic rings. The number of aromatic nitrogens is 2. The van der Waals surface area contributed by atoms with E-state index >= 15 is 0 Å². The number of carbonyl (C=O) groups excluding carboxylic acids is 2. The molecule has 30 heavy (non-hydrogen) atoms. The largest absolute Gasteiger partial charge is 0.352 e. The predicted molar refractivity (Wildman–Crippen MR) is 118 cm³/mol. The van der Waals surface area contributed by atoms with Crippen LogP contribution < -0.4 is 10.2 Å². The molecule has 0 spiro atoms. The van der Waals surface area contributed by atoms with E-state index in [4.69, 9.17) is 0 Å². The van der Waals surface area contributed by atoms with Crippen molar-refractivity contribution in [3.8, 4) is 0 Å². The van der Waals surface area contributed by atoms with Crippen LogP contribution in [0.5, 0.6) is 0 Å². The Bertz CT molecular complexity index is 1010. The molecule has 7 heteroatoms. The van der Waals surface area contributed by atoms with Gasteiger partial charge in [0.25, 0.3) is 5.91 Å². The number of H-pyrrole nitrogens is 1. The van der Waals surface area contributed by atoms with Crippen LogP contribution in [0, 0.1) is 6.92 Å². The standard InChI is InChI=1S/C23H27N5O2/c1-17-7-2-3-8-18(17)22(30)24-12-11-21(29)27-13-6-14-28(16-15-27)23-25-19-9-4-5-10-20(19)26-23/h2-5,7-10H,6,11-16H2,1H3,(H,24,30)(H,25,26). The third-order valence-corrected chi connectivity index (χ3v) is 5.54. The molecule has 1 aromatic heterocycles. The molecule has 0 aliphatic carbocycles. The quantitative estimate of drug-likeness (QED) is 0.684. The second-order valence-corrected chi connectivity index (χ2v) is 7.62. The van der Waals surface area contributed by atoms with E-state index in [-0.39, 0.29) is 11.8 Å². The van der Waals surface area contributed by atoms with Crippen LogP contribution in [0.1, 0.15) is 28.8 Å². The molecule has 1 aliphatic heterocycles. The molecule has 0 radical (unpaired) electrons. The van der Waals surface area contributed by atoms with Crippen LogP contribution in [0.15, 0.2) is 48.5 Å². The number of hydrogen-bond acceptors (Lipinski definition) is 4. The van der Waals surface area contributed by atoms with E-state index in [0.29, 0.717) is 25.1 Å². The van der Waals surface area contributed by atoms with Crippen molar-refractivity contribution in [2.24, 2.45) is 0 Å². The summed E-state index contributed by atoms with van der Waals surface area (Å²) < 4.78 is 0. The van der Waals surface area contributed by atoms with E-state index in [2.05, 4.69) is 20.2 Å². The van der Waals surface area contributed by atoms with Gasteiger partial charge in [-0.2, -0.15) is 0 Å². The first-order valence-corrected chi connectivity index (χ1v) is 10.4. The maximum absolute atomic E-state index is 12.7. The number of nitrogens with one attached hydrogen (secondary N) is 2. The van der Waals surface area contributed by atoms with Gasteiger partial charge in [0.15, 0.2) is 0 Å². The number of rotatable bonds is 5. The van der Waals surface area contributed by atoms with Crippen molar-refractivity contribution >= 4 is 28.8 Å². The summed E-state index contributed by atoms with van der Waals surface area (Å²) >= 11 is 0. The van der Waals surface area contributed by atoms with Gasteiger partial charge in [-0.25, -0.2) is 4.98 Å². The first-order valence-electron chi connectivity index (χ1n) is 10.4. The van der Waals surface area contributed by atoms with Gasteiger partial charge < -0.3 is 20.1 Å². The highest BCUT2D eigenvalue weighted by molar-refractivity contribution is 5.95. The Hall–Kier alpha value is -3.35. The average Bonchev–Trinajstić information content (AvgIpc) is 3.03. The number of hydrogen-bond donors (Lipinski definition) is 2. The fourth-order valence-electron chi connectivity index (χ4n) is 3.83. The number of anilines is 1. The van der Waals surface area contributed by atoms with Gasteiger partial charge in [0.05, 0.1) is 11.0 Å². The lowest BCUT2D eigenvalue weighted by Gasteiger charge is -2.22. The summed E-state index contributed by atoms with van der Waals surface area (Å²) in [4.78, 5) is 37.1. The Morgan fingerprint density at radius 2 is 1.83 bits per heavy atom. The van der Waals surface area contributed by atoms with Crippen molar-refractivity contribution in [3.63, 3.8) is 0 Å². The zero-order valence-electron chi connectivity index (χ0n) is 17.2. The van der Waals surface area contributed by atoms with E-state index in [9.17, 15) is 9.59 Å². The van der Waals surface area contributed by atoms with E-state index in [1.165, 1.54) is 0 Å². The number of fused-ring (bicyclic) bond motifs is 1. The molecule has 7 nitrogen and oxygen atoms in total. The van der Waals surface area contributed by atoms with Crippen LogP contribution in [0.25, 0.3) is 11.0 Å². The third-order valence-electron chi connectivity index (χ3n) is 5.54. The lowest BCUT2D eigenvalue weighted by molar-refractivity contribution is -0.130. The average molecular weight is 406 g/mol. The van der Waals surface area contributed by atoms with Gasteiger partial charge in [-0.1, -0.05) is 30.3 Å².